The lowest BCUT2D eigenvalue weighted by molar-refractivity contribution is 0.839. The van der Waals surface area contributed by atoms with Crippen molar-refractivity contribution in [3.63, 3.8) is 0 Å². The molecule has 18 heavy (non-hydrogen) atoms. The first-order valence-electron chi connectivity index (χ1n) is 6.56. The van der Waals surface area contributed by atoms with Gasteiger partial charge in [-0.1, -0.05) is 13.8 Å². The first kappa shape index (κ1) is 14.4. The van der Waals surface area contributed by atoms with Gasteiger partial charge in [0.1, 0.15) is 0 Å². The van der Waals surface area contributed by atoms with E-state index in [2.05, 4.69) is 4.90 Å². The molecule has 0 amide bonds. The molecule has 2 rings (SSSR count). The van der Waals surface area contributed by atoms with Crippen molar-refractivity contribution >= 4 is 11.8 Å². The maximum atomic E-state index is 11.8. The summed E-state index contributed by atoms with van der Waals surface area (Å²) in [5.41, 5.74) is 7.24. The monoisotopic (exact) mass is 249 g/mol. The lowest BCUT2D eigenvalue weighted by Gasteiger charge is -2.18. The Bertz CT molecular complexity index is 457. The lowest BCUT2D eigenvalue weighted by atomic mass is 10.2. The summed E-state index contributed by atoms with van der Waals surface area (Å²) in [6, 6.07) is 3.70. The number of rotatable bonds is 2. The van der Waals surface area contributed by atoms with E-state index in [0.717, 1.165) is 24.5 Å². The highest BCUT2D eigenvalue weighted by molar-refractivity contribution is 5.55. The van der Waals surface area contributed by atoms with E-state index in [4.69, 9.17) is 5.73 Å². The maximum absolute atomic E-state index is 11.8. The van der Waals surface area contributed by atoms with Gasteiger partial charge in [0.15, 0.2) is 0 Å². The average molecular weight is 249 g/mol. The minimum absolute atomic E-state index is 0.0116. The first-order valence-corrected chi connectivity index (χ1v) is 6.56. The molecule has 0 saturated carbocycles. The van der Waals surface area contributed by atoms with Gasteiger partial charge in [-0.15, -0.1) is 0 Å². The zero-order valence-electron chi connectivity index (χ0n) is 11.5. The fraction of sp³-hybridized carbons (Fsp3) is 0.500. The van der Waals surface area contributed by atoms with Crippen LogP contribution in [-0.2, 0) is 7.05 Å². The summed E-state index contributed by atoms with van der Waals surface area (Å²) in [4.78, 5) is 14.0. The van der Waals surface area contributed by atoms with Crippen molar-refractivity contribution < 1.29 is 0 Å². The van der Waals surface area contributed by atoms with E-state index in [1.807, 2.05) is 19.9 Å². The second kappa shape index (κ2) is 6.89. The van der Waals surface area contributed by atoms with Gasteiger partial charge in [0.2, 0.25) is 0 Å². The maximum Gasteiger partial charge on any atom is 0.252 e. The fourth-order valence-corrected chi connectivity index (χ4v) is 2.06. The first-order chi connectivity index (χ1) is 8.72. The number of pyridine rings is 1. The van der Waals surface area contributed by atoms with E-state index in [9.17, 15) is 4.79 Å². The Balaban J connectivity index is 0.000000771. The molecular weight excluding hydrogens is 226 g/mol. The van der Waals surface area contributed by atoms with E-state index in [1.165, 1.54) is 19.0 Å². The predicted molar refractivity (Wildman–Crippen MR) is 77.7 cm³/mol. The average Bonchev–Trinajstić information content (AvgIpc) is 2.91. The van der Waals surface area contributed by atoms with Crippen molar-refractivity contribution in [3.8, 4) is 0 Å². The molecule has 2 N–H and O–H groups in total. The molecule has 1 aromatic rings. The van der Waals surface area contributed by atoms with E-state index in [-0.39, 0.29) is 5.56 Å². The number of hydrogen-bond donors (Lipinski definition) is 1. The SMILES string of the molecule is CC.Cn1c(/C=C\N)cc(N2CCCC2)cc1=O. The molecule has 1 aliphatic rings. The van der Waals surface area contributed by atoms with Crippen LogP contribution in [0.4, 0.5) is 5.69 Å². The van der Waals surface area contributed by atoms with E-state index in [1.54, 1.807) is 23.8 Å². The Morgan fingerprint density at radius 3 is 2.39 bits per heavy atom. The van der Waals surface area contributed by atoms with Crippen LogP contribution in [0.2, 0.25) is 0 Å². The summed E-state index contributed by atoms with van der Waals surface area (Å²) in [6.45, 7) is 6.08. The smallest absolute Gasteiger partial charge is 0.252 e. The van der Waals surface area contributed by atoms with Crippen LogP contribution in [0.15, 0.2) is 23.1 Å². The topological polar surface area (TPSA) is 51.3 Å². The Labute approximate surface area is 109 Å². The molecule has 0 atom stereocenters. The van der Waals surface area contributed by atoms with Gasteiger partial charge in [0.25, 0.3) is 5.56 Å². The molecule has 100 valence electrons. The molecular formula is C14H23N3O. The van der Waals surface area contributed by atoms with Gasteiger partial charge >= 0.3 is 0 Å². The summed E-state index contributed by atoms with van der Waals surface area (Å²) in [6.07, 6.45) is 5.62. The molecule has 0 unspecified atom stereocenters. The van der Waals surface area contributed by atoms with Crippen LogP contribution in [0.3, 0.4) is 0 Å². The zero-order valence-corrected chi connectivity index (χ0v) is 11.5. The molecule has 0 radical (unpaired) electrons. The van der Waals surface area contributed by atoms with Crippen LogP contribution >= 0.6 is 0 Å². The van der Waals surface area contributed by atoms with Crippen molar-refractivity contribution in [3.05, 3.63) is 34.4 Å². The minimum Gasteiger partial charge on any atom is -0.405 e. The van der Waals surface area contributed by atoms with Gasteiger partial charge in [0.05, 0.1) is 0 Å². The number of hydrogen-bond acceptors (Lipinski definition) is 3. The van der Waals surface area contributed by atoms with E-state index < -0.39 is 0 Å². The number of nitrogens with two attached hydrogens (primary N) is 1. The highest BCUT2D eigenvalue weighted by Gasteiger charge is 2.13. The molecule has 0 aliphatic carbocycles. The van der Waals surface area contributed by atoms with Crippen molar-refractivity contribution in [2.75, 3.05) is 18.0 Å². The summed E-state index contributed by atoms with van der Waals surface area (Å²) in [5.74, 6) is 0. The molecule has 0 bridgehead atoms. The van der Waals surface area contributed by atoms with Crippen LogP contribution < -0.4 is 16.2 Å². The highest BCUT2D eigenvalue weighted by Crippen LogP contribution is 2.19. The Kier molecular flexibility index (Phi) is 5.49. The van der Waals surface area contributed by atoms with E-state index >= 15 is 0 Å². The van der Waals surface area contributed by atoms with Crippen LogP contribution in [0.25, 0.3) is 6.08 Å². The van der Waals surface area contributed by atoms with Gasteiger partial charge in [0, 0.05) is 37.6 Å². The van der Waals surface area contributed by atoms with Crippen molar-refractivity contribution in [2.45, 2.75) is 26.7 Å². The number of aromatic nitrogens is 1. The second-order valence-corrected chi connectivity index (χ2v) is 4.09. The molecule has 4 nitrogen and oxygen atoms in total. The van der Waals surface area contributed by atoms with Gasteiger partial charge < -0.3 is 15.2 Å². The molecule has 1 fully saturated rings. The summed E-state index contributed by atoms with van der Waals surface area (Å²) >= 11 is 0. The third kappa shape index (κ3) is 3.15. The van der Waals surface area contributed by atoms with E-state index in [0.29, 0.717) is 0 Å². The molecule has 1 aliphatic heterocycles. The summed E-state index contributed by atoms with van der Waals surface area (Å²) in [5, 5.41) is 0. The second-order valence-electron chi connectivity index (χ2n) is 4.09. The quantitative estimate of drug-likeness (QED) is 0.871. The van der Waals surface area contributed by atoms with Gasteiger partial charge in [-0.25, -0.2) is 0 Å². The van der Waals surface area contributed by atoms with Crippen molar-refractivity contribution in [2.24, 2.45) is 12.8 Å². The third-order valence-corrected chi connectivity index (χ3v) is 3.02. The van der Waals surface area contributed by atoms with Crippen LogP contribution in [0.1, 0.15) is 32.4 Å². The Morgan fingerprint density at radius 1 is 1.22 bits per heavy atom. The molecule has 0 aromatic carbocycles. The zero-order chi connectivity index (χ0) is 13.5. The van der Waals surface area contributed by atoms with Crippen LogP contribution in [0, 0.1) is 0 Å². The van der Waals surface area contributed by atoms with Gasteiger partial charge in [-0.3, -0.25) is 4.79 Å². The molecule has 2 heterocycles. The fourth-order valence-electron chi connectivity index (χ4n) is 2.06. The Morgan fingerprint density at radius 2 is 1.83 bits per heavy atom. The van der Waals surface area contributed by atoms with Crippen LogP contribution in [-0.4, -0.2) is 17.7 Å². The number of anilines is 1. The van der Waals surface area contributed by atoms with Crippen LogP contribution in [0.5, 0.6) is 0 Å². The predicted octanol–water partition coefficient (Wildman–Crippen LogP) is 1.94. The lowest BCUT2D eigenvalue weighted by Crippen LogP contribution is -2.24. The summed E-state index contributed by atoms with van der Waals surface area (Å²) in [7, 11) is 1.76. The van der Waals surface area contributed by atoms with Crippen molar-refractivity contribution in [1.29, 1.82) is 0 Å². The van der Waals surface area contributed by atoms with Gasteiger partial charge in [-0.05, 0) is 31.2 Å². The Hall–Kier alpha value is -1.71. The standard InChI is InChI=1S/C12H17N3O.C2H6/c1-14-10(4-5-13)8-11(9-12(14)16)15-6-2-3-7-15;1-2/h4-5,8-9H,2-3,6-7,13H2,1H3;1-2H3/b5-4-;. The third-order valence-electron chi connectivity index (χ3n) is 3.02. The molecule has 0 spiro atoms. The van der Waals surface area contributed by atoms with Gasteiger partial charge in [-0.2, -0.15) is 0 Å². The highest BCUT2D eigenvalue weighted by atomic mass is 16.1. The summed E-state index contributed by atoms with van der Waals surface area (Å²) < 4.78 is 1.60. The molecule has 1 aromatic heterocycles. The number of nitrogens with zero attached hydrogens (tertiary/aromatic N) is 2. The minimum atomic E-state index is 0.0116. The largest absolute Gasteiger partial charge is 0.405 e. The molecule has 4 heteroatoms. The molecule has 1 saturated heterocycles. The van der Waals surface area contributed by atoms with Crippen molar-refractivity contribution in [1.82, 2.24) is 4.57 Å². The normalized spacial score (nSPS) is 14.7.